The Balaban J connectivity index is 3.21. The van der Waals surface area contributed by atoms with Crippen LogP contribution in [0.4, 0.5) is 5.82 Å². The summed E-state index contributed by atoms with van der Waals surface area (Å²) in [5, 5.41) is 0. The molecule has 0 saturated carbocycles. The van der Waals surface area contributed by atoms with Gasteiger partial charge in [-0.25, -0.2) is 9.78 Å². The van der Waals surface area contributed by atoms with E-state index < -0.39 is 5.97 Å². The fraction of sp³-hybridized carbons (Fsp3) is 0.444. The zero-order valence-corrected chi connectivity index (χ0v) is 9.50. The number of rotatable bonds is 3. The van der Waals surface area contributed by atoms with Gasteiger partial charge in [0.25, 0.3) is 0 Å². The zero-order chi connectivity index (χ0) is 11.4. The predicted octanol–water partition coefficient (Wildman–Crippen LogP) is 1.39. The largest absolute Gasteiger partial charge is 0.462 e. The van der Waals surface area contributed by atoms with Gasteiger partial charge >= 0.3 is 5.97 Å². The molecule has 0 spiro atoms. The Morgan fingerprint density at radius 1 is 1.67 bits per heavy atom. The molecule has 1 heterocycles. The molecule has 0 aromatic carbocycles. The number of nitrogens with zero attached hydrogens (tertiary/aromatic N) is 2. The van der Waals surface area contributed by atoms with Gasteiger partial charge in [-0.3, -0.25) is 0 Å². The summed E-state index contributed by atoms with van der Waals surface area (Å²) in [5.41, 5.74) is 6.04. The number of nitrogen functional groups attached to an aromatic ring is 1. The smallest absolute Gasteiger partial charge is 0.343 e. The maximum atomic E-state index is 11.5. The Labute approximate surface area is 92.9 Å². The molecule has 2 N–H and O–H groups in total. The number of nitrogens with two attached hydrogens (primary N) is 1. The van der Waals surface area contributed by atoms with E-state index in [1.54, 1.807) is 11.5 Å². The van der Waals surface area contributed by atoms with Gasteiger partial charge in [0.1, 0.15) is 11.4 Å². The summed E-state index contributed by atoms with van der Waals surface area (Å²) in [6.07, 6.45) is 1.35. The van der Waals surface area contributed by atoms with Crippen LogP contribution in [-0.2, 0) is 11.3 Å². The third-order valence-electron chi connectivity index (χ3n) is 1.91. The number of hydrogen-bond acceptors (Lipinski definition) is 5. The molecule has 15 heavy (non-hydrogen) atoms. The first-order valence-electron chi connectivity index (χ1n) is 4.64. The van der Waals surface area contributed by atoms with Gasteiger partial charge in [-0.05, 0) is 26.1 Å². The highest BCUT2D eigenvalue weighted by molar-refractivity contribution is 7.71. The van der Waals surface area contributed by atoms with Crippen LogP contribution in [0.5, 0.6) is 0 Å². The second-order valence-electron chi connectivity index (χ2n) is 2.80. The van der Waals surface area contributed by atoms with Crippen LogP contribution < -0.4 is 5.73 Å². The number of ether oxygens (including phenoxy) is 1. The van der Waals surface area contributed by atoms with E-state index in [2.05, 4.69) is 4.98 Å². The molecular weight excluding hydrogens is 214 g/mol. The quantitative estimate of drug-likeness (QED) is 0.624. The van der Waals surface area contributed by atoms with E-state index in [4.69, 9.17) is 22.7 Å². The molecule has 0 amide bonds. The maximum absolute atomic E-state index is 11.5. The predicted molar refractivity (Wildman–Crippen MR) is 59.1 cm³/mol. The van der Waals surface area contributed by atoms with Crippen LogP contribution >= 0.6 is 12.2 Å². The first kappa shape index (κ1) is 11.6. The van der Waals surface area contributed by atoms with Crippen molar-refractivity contribution in [2.45, 2.75) is 20.4 Å². The van der Waals surface area contributed by atoms with Crippen LogP contribution in [0.2, 0.25) is 0 Å². The van der Waals surface area contributed by atoms with Crippen LogP contribution in [0.1, 0.15) is 24.2 Å². The van der Waals surface area contributed by atoms with Gasteiger partial charge in [-0.2, -0.15) is 0 Å². The molecule has 0 aliphatic carbocycles. The molecule has 82 valence electrons. The lowest BCUT2D eigenvalue weighted by Gasteiger charge is -2.10. The number of hydrogen-bond donors (Lipinski definition) is 1. The molecule has 1 aromatic heterocycles. The molecule has 1 rings (SSSR count). The summed E-state index contributed by atoms with van der Waals surface area (Å²) >= 11 is 4.97. The summed E-state index contributed by atoms with van der Waals surface area (Å²) in [6.45, 7) is 4.49. The van der Waals surface area contributed by atoms with Crippen molar-refractivity contribution >= 4 is 24.0 Å². The van der Waals surface area contributed by atoms with Gasteiger partial charge in [0.05, 0.1) is 6.61 Å². The Hall–Kier alpha value is -1.43. The van der Waals surface area contributed by atoms with Crippen molar-refractivity contribution in [2.75, 3.05) is 12.3 Å². The van der Waals surface area contributed by atoms with E-state index in [1.165, 1.54) is 6.20 Å². The van der Waals surface area contributed by atoms with Crippen LogP contribution in [0, 0.1) is 4.77 Å². The van der Waals surface area contributed by atoms with E-state index >= 15 is 0 Å². The van der Waals surface area contributed by atoms with Crippen molar-refractivity contribution in [2.24, 2.45) is 0 Å². The molecule has 0 aliphatic rings. The molecule has 0 atom stereocenters. The van der Waals surface area contributed by atoms with E-state index in [9.17, 15) is 4.79 Å². The first-order chi connectivity index (χ1) is 7.11. The Bertz CT molecular complexity index is 428. The average Bonchev–Trinajstić information content (AvgIpc) is 2.18. The van der Waals surface area contributed by atoms with Gasteiger partial charge in [0.2, 0.25) is 4.77 Å². The number of anilines is 1. The standard InChI is InChI=1S/C9H13N3O2S/c1-3-12-7(10)6(5-11-9(12)15)8(13)14-4-2/h5H,3-4,10H2,1-2H3. The summed E-state index contributed by atoms with van der Waals surface area (Å²) in [7, 11) is 0. The first-order valence-corrected chi connectivity index (χ1v) is 5.05. The molecule has 0 bridgehead atoms. The molecule has 0 radical (unpaired) electrons. The van der Waals surface area contributed by atoms with E-state index in [1.807, 2.05) is 6.92 Å². The second-order valence-corrected chi connectivity index (χ2v) is 3.17. The fourth-order valence-corrected chi connectivity index (χ4v) is 1.46. The zero-order valence-electron chi connectivity index (χ0n) is 8.69. The number of aromatic nitrogens is 2. The Morgan fingerprint density at radius 2 is 2.33 bits per heavy atom. The number of carbonyl (C=O) groups is 1. The third-order valence-corrected chi connectivity index (χ3v) is 2.24. The van der Waals surface area contributed by atoms with Gasteiger partial charge in [0.15, 0.2) is 0 Å². The topological polar surface area (TPSA) is 70.1 Å². The monoisotopic (exact) mass is 227 g/mol. The third kappa shape index (κ3) is 2.33. The fourth-order valence-electron chi connectivity index (χ4n) is 1.18. The van der Waals surface area contributed by atoms with Crippen LogP contribution in [0.15, 0.2) is 6.20 Å². The lowest BCUT2D eigenvalue weighted by atomic mass is 10.3. The molecule has 5 nitrogen and oxygen atoms in total. The number of esters is 1. The molecule has 1 aromatic rings. The number of carbonyl (C=O) groups excluding carboxylic acids is 1. The van der Waals surface area contributed by atoms with Crippen molar-refractivity contribution in [3.63, 3.8) is 0 Å². The van der Waals surface area contributed by atoms with E-state index in [-0.39, 0.29) is 5.56 Å². The lowest BCUT2D eigenvalue weighted by molar-refractivity contribution is 0.0526. The molecule has 0 unspecified atom stereocenters. The highest BCUT2D eigenvalue weighted by atomic mass is 32.1. The van der Waals surface area contributed by atoms with Crippen LogP contribution in [0.25, 0.3) is 0 Å². The van der Waals surface area contributed by atoms with E-state index in [0.29, 0.717) is 23.7 Å². The second kappa shape index (κ2) is 4.88. The van der Waals surface area contributed by atoms with Gasteiger partial charge in [-0.1, -0.05) is 0 Å². The van der Waals surface area contributed by atoms with Gasteiger partial charge in [-0.15, -0.1) is 0 Å². The van der Waals surface area contributed by atoms with E-state index in [0.717, 1.165) is 0 Å². The lowest BCUT2D eigenvalue weighted by Crippen LogP contribution is -2.15. The highest BCUT2D eigenvalue weighted by Gasteiger charge is 2.13. The summed E-state index contributed by atoms with van der Waals surface area (Å²) in [4.78, 5) is 15.4. The average molecular weight is 227 g/mol. The SMILES string of the molecule is CCOC(=O)c1cnc(=S)n(CC)c1N. The minimum absolute atomic E-state index is 0.257. The summed E-state index contributed by atoms with van der Waals surface area (Å²) < 4.78 is 6.79. The molecule has 0 saturated heterocycles. The maximum Gasteiger partial charge on any atom is 0.343 e. The van der Waals surface area contributed by atoms with Crippen LogP contribution in [-0.4, -0.2) is 22.1 Å². The van der Waals surface area contributed by atoms with Crippen molar-refractivity contribution in [1.29, 1.82) is 0 Å². The van der Waals surface area contributed by atoms with Gasteiger partial charge < -0.3 is 15.0 Å². The summed E-state index contributed by atoms with van der Waals surface area (Å²) in [6, 6.07) is 0. The van der Waals surface area contributed by atoms with Crippen molar-refractivity contribution in [3.8, 4) is 0 Å². The Morgan fingerprint density at radius 3 is 2.87 bits per heavy atom. The van der Waals surface area contributed by atoms with Gasteiger partial charge in [0, 0.05) is 12.7 Å². The van der Waals surface area contributed by atoms with Crippen molar-refractivity contribution < 1.29 is 9.53 Å². The Kier molecular flexibility index (Phi) is 3.79. The van der Waals surface area contributed by atoms with Crippen molar-refractivity contribution in [3.05, 3.63) is 16.5 Å². The molecule has 0 aliphatic heterocycles. The molecule has 0 fully saturated rings. The molecular formula is C9H13N3O2S. The summed E-state index contributed by atoms with van der Waals surface area (Å²) in [5.74, 6) is -0.171. The molecule has 6 heteroatoms. The van der Waals surface area contributed by atoms with Crippen LogP contribution in [0.3, 0.4) is 0 Å². The van der Waals surface area contributed by atoms with Crippen molar-refractivity contribution in [1.82, 2.24) is 9.55 Å². The normalized spacial score (nSPS) is 10.0. The highest BCUT2D eigenvalue weighted by Crippen LogP contribution is 2.12. The minimum Gasteiger partial charge on any atom is -0.462 e. The minimum atomic E-state index is -0.472.